The van der Waals surface area contributed by atoms with E-state index in [2.05, 4.69) is 4.72 Å². The average Bonchev–Trinajstić information content (AvgIpc) is 2.70. The van der Waals surface area contributed by atoms with Gasteiger partial charge in [-0.25, -0.2) is 13.1 Å². The third-order valence-corrected chi connectivity index (χ3v) is 4.69. The summed E-state index contributed by atoms with van der Waals surface area (Å²) in [4.78, 5) is 13.2. The van der Waals surface area contributed by atoms with Gasteiger partial charge >= 0.3 is 0 Å². The Bertz CT molecular complexity index is 601. The highest BCUT2D eigenvalue weighted by molar-refractivity contribution is 7.88. The normalized spacial score (nSPS) is 19.6. The number of hydrogen-bond acceptors (Lipinski definition) is 4. The van der Waals surface area contributed by atoms with E-state index in [9.17, 15) is 13.2 Å². The van der Waals surface area contributed by atoms with Gasteiger partial charge in [0.05, 0.1) is 5.75 Å². The number of rotatable bonds is 5. The van der Waals surface area contributed by atoms with Gasteiger partial charge in [-0.15, -0.1) is 0 Å². The van der Waals surface area contributed by atoms with Crippen molar-refractivity contribution in [1.82, 2.24) is 9.62 Å². The van der Waals surface area contributed by atoms with E-state index in [4.69, 9.17) is 5.73 Å². The Kier molecular flexibility index (Phi) is 4.42. The molecule has 0 bridgehead atoms. The highest BCUT2D eigenvalue weighted by Crippen LogP contribution is 2.13. The van der Waals surface area contributed by atoms with Gasteiger partial charge in [0.2, 0.25) is 15.9 Å². The zero-order valence-electron chi connectivity index (χ0n) is 11.4. The Morgan fingerprint density at radius 1 is 1.40 bits per heavy atom. The first-order valence-corrected chi connectivity index (χ1v) is 8.09. The second-order valence-corrected chi connectivity index (χ2v) is 6.76. The summed E-state index contributed by atoms with van der Waals surface area (Å²) in [6.07, 6.45) is 0.511. The average molecular weight is 297 g/mol. The molecule has 2 rings (SSSR count). The first kappa shape index (κ1) is 15.0. The van der Waals surface area contributed by atoms with Crippen LogP contribution in [0.3, 0.4) is 0 Å². The lowest BCUT2D eigenvalue weighted by Gasteiger charge is -2.13. The van der Waals surface area contributed by atoms with Crippen molar-refractivity contribution in [3.05, 3.63) is 35.4 Å². The molecule has 1 aliphatic rings. The Labute approximate surface area is 119 Å². The zero-order chi connectivity index (χ0) is 14.8. The van der Waals surface area contributed by atoms with Gasteiger partial charge in [-0.3, -0.25) is 4.79 Å². The van der Waals surface area contributed by atoms with Crippen LogP contribution in [0, 0.1) is 0 Å². The van der Waals surface area contributed by atoms with Crippen LogP contribution >= 0.6 is 0 Å². The maximum Gasteiger partial charge on any atom is 0.240 e. The molecule has 1 aromatic carbocycles. The summed E-state index contributed by atoms with van der Waals surface area (Å²) >= 11 is 0. The second kappa shape index (κ2) is 5.90. The number of nitrogens with zero attached hydrogens (tertiary/aromatic N) is 1. The summed E-state index contributed by atoms with van der Waals surface area (Å²) < 4.78 is 26.7. The molecule has 110 valence electrons. The van der Waals surface area contributed by atoms with Gasteiger partial charge in [0.15, 0.2) is 0 Å². The molecule has 1 heterocycles. The van der Waals surface area contributed by atoms with E-state index >= 15 is 0 Å². The molecule has 1 fully saturated rings. The van der Waals surface area contributed by atoms with E-state index in [1.165, 1.54) is 4.90 Å². The molecule has 0 radical (unpaired) electrons. The molecule has 0 aromatic heterocycles. The van der Waals surface area contributed by atoms with Gasteiger partial charge in [0.1, 0.15) is 6.04 Å². The monoisotopic (exact) mass is 297 g/mol. The molecule has 1 aromatic rings. The van der Waals surface area contributed by atoms with Gasteiger partial charge in [0.25, 0.3) is 0 Å². The molecule has 1 atom stereocenters. The Morgan fingerprint density at radius 3 is 2.70 bits per heavy atom. The molecular formula is C13H19N3O3S. The number of sulfonamides is 1. The number of hydrogen-bond donors (Lipinski definition) is 2. The van der Waals surface area contributed by atoms with Crippen LogP contribution in [-0.2, 0) is 27.1 Å². The Hall–Kier alpha value is -1.44. The van der Waals surface area contributed by atoms with Crippen LogP contribution < -0.4 is 10.5 Å². The summed E-state index contributed by atoms with van der Waals surface area (Å²) in [6.45, 7) is 0.946. The highest BCUT2D eigenvalue weighted by Gasteiger charge is 2.32. The molecule has 0 spiro atoms. The van der Waals surface area contributed by atoms with Crippen LogP contribution in [0.2, 0.25) is 0 Å². The molecular weight excluding hydrogens is 278 g/mol. The second-order valence-electron chi connectivity index (χ2n) is 5.00. The van der Waals surface area contributed by atoms with Crippen molar-refractivity contribution in [2.45, 2.75) is 24.8 Å². The van der Waals surface area contributed by atoms with Crippen molar-refractivity contribution in [2.24, 2.45) is 5.73 Å². The van der Waals surface area contributed by atoms with E-state index < -0.39 is 16.1 Å². The molecule has 0 aliphatic carbocycles. The number of benzene rings is 1. The number of nitrogens with two attached hydrogens (primary N) is 1. The van der Waals surface area contributed by atoms with Crippen molar-refractivity contribution in [3.8, 4) is 0 Å². The first-order chi connectivity index (χ1) is 9.41. The molecule has 1 amide bonds. The fourth-order valence-electron chi connectivity index (χ4n) is 2.26. The largest absolute Gasteiger partial charge is 0.344 e. The summed E-state index contributed by atoms with van der Waals surface area (Å²) in [6, 6.07) is 6.49. The van der Waals surface area contributed by atoms with Crippen molar-refractivity contribution < 1.29 is 13.2 Å². The van der Waals surface area contributed by atoms with Crippen LogP contribution in [0.1, 0.15) is 17.5 Å². The van der Waals surface area contributed by atoms with Crippen molar-refractivity contribution >= 4 is 15.9 Å². The third-order valence-electron chi connectivity index (χ3n) is 3.33. The van der Waals surface area contributed by atoms with Gasteiger partial charge in [0, 0.05) is 20.1 Å². The van der Waals surface area contributed by atoms with E-state index in [0.29, 0.717) is 25.1 Å². The lowest BCUT2D eigenvalue weighted by molar-refractivity contribution is -0.127. The molecule has 6 nitrogen and oxygen atoms in total. The lowest BCUT2D eigenvalue weighted by Crippen LogP contribution is -2.41. The van der Waals surface area contributed by atoms with E-state index in [1.807, 2.05) is 6.07 Å². The van der Waals surface area contributed by atoms with Crippen LogP contribution in [0.5, 0.6) is 0 Å². The van der Waals surface area contributed by atoms with Crippen molar-refractivity contribution in [1.29, 1.82) is 0 Å². The standard InChI is InChI=1S/C13H19N3O3S/c1-16-6-5-12(13(16)17)15-20(18,19)9-11-4-2-3-10(7-11)8-14/h2-4,7,12,15H,5-6,8-9,14H2,1H3. The Morgan fingerprint density at radius 2 is 2.10 bits per heavy atom. The minimum absolute atomic E-state index is 0.145. The Balaban J connectivity index is 2.05. The summed E-state index contributed by atoms with van der Waals surface area (Å²) in [5.41, 5.74) is 7.08. The lowest BCUT2D eigenvalue weighted by atomic mass is 10.1. The third kappa shape index (κ3) is 3.56. The number of likely N-dealkylation sites (tertiary alicyclic amines) is 1. The van der Waals surface area contributed by atoms with E-state index in [0.717, 1.165) is 5.56 Å². The molecule has 0 saturated carbocycles. The van der Waals surface area contributed by atoms with Crippen LogP contribution in [0.4, 0.5) is 0 Å². The number of nitrogens with one attached hydrogen (secondary N) is 1. The van der Waals surface area contributed by atoms with Crippen LogP contribution in [-0.4, -0.2) is 38.9 Å². The van der Waals surface area contributed by atoms with Gasteiger partial charge in [-0.1, -0.05) is 24.3 Å². The van der Waals surface area contributed by atoms with Crippen molar-refractivity contribution in [2.75, 3.05) is 13.6 Å². The number of likely N-dealkylation sites (N-methyl/N-ethyl adjacent to an activating group) is 1. The number of carbonyl (C=O) groups excluding carboxylic acids is 1. The number of carbonyl (C=O) groups is 1. The predicted octanol–water partition coefficient (Wildman–Crippen LogP) is -0.205. The maximum atomic E-state index is 12.1. The van der Waals surface area contributed by atoms with Crippen LogP contribution in [0.25, 0.3) is 0 Å². The zero-order valence-corrected chi connectivity index (χ0v) is 12.2. The smallest absolute Gasteiger partial charge is 0.240 e. The molecule has 1 unspecified atom stereocenters. The van der Waals surface area contributed by atoms with Gasteiger partial charge in [-0.05, 0) is 17.5 Å². The highest BCUT2D eigenvalue weighted by atomic mass is 32.2. The fourth-order valence-corrected chi connectivity index (χ4v) is 3.61. The van der Waals surface area contributed by atoms with E-state index in [-0.39, 0.29) is 11.7 Å². The number of amides is 1. The predicted molar refractivity (Wildman–Crippen MR) is 76.1 cm³/mol. The molecule has 20 heavy (non-hydrogen) atoms. The summed E-state index contributed by atoms with van der Waals surface area (Å²) in [7, 11) is -1.87. The minimum Gasteiger partial charge on any atom is -0.344 e. The quantitative estimate of drug-likeness (QED) is 0.787. The molecule has 1 aliphatic heterocycles. The fraction of sp³-hybridized carbons (Fsp3) is 0.462. The van der Waals surface area contributed by atoms with Crippen LogP contribution in [0.15, 0.2) is 24.3 Å². The SMILES string of the molecule is CN1CCC(NS(=O)(=O)Cc2cccc(CN)c2)C1=O. The molecule has 1 saturated heterocycles. The molecule has 7 heteroatoms. The molecule has 3 N–H and O–H groups in total. The van der Waals surface area contributed by atoms with Gasteiger partial charge < -0.3 is 10.6 Å². The van der Waals surface area contributed by atoms with Gasteiger partial charge in [-0.2, -0.15) is 0 Å². The summed E-state index contributed by atoms with van der Waals surface area (Å²) in [5, 5.41) is 0. The first-order valence-electron chi connectivity index (χ1n) is 6.44. The summed E-state index contributed by atoms with van der Waals surface area (Å²) in [5.74, 6) is -0.321. The minimum atomic E-state index is -3.54. The topological polar surface area (TPSA) is 92.5 Å². The van der Waals surface area contributed by atoms with E-state index in [1.54, 1.807) is 25.2 Å². The maximum absolute atomic E-state index is 12.1. The van der Waals surface area contributed by atoms with Crippen molar-refractivity contribution in [3.63, 3.8) is 0 Å².